The third kappa shape index (κ3) is 3.90. The summed E-state index contributed by atoms with van der Waals surface area (Å²) in [6, 6.07) is 6.12. The van der Waals surface area contributed by atoms with Crippen molar-refractivity contribution in [3.63, 3.8) is 0 Å². The van der Waals surface area contributed by atoms with E-state index in [1.807, 2.05) is 6.07 Å². The molecular formula is C21H22N4O4. The molecule has 1 saturated carbocycles. The number of pyridine rings is 1. The van der Waals surface area contributed by atoms with Gasteiger partial charge in [-0.2, -0.15) is 5.26 Å². The van der Waals surface area contributed by atoms with Crippen LogP contribution in [0.25, 0.3) is 0 Å². The lowest BCUT2D eigenvalue weighted by Crippen LogP contribution is -2.30. The molecule has 0 aliphatic heterocycles. The van der Waals surface area contributed by atoms with Crippen LogP contribution in [0.3, 0.4) is 0 Å². The number of nitriles is 1. The van der Waals surface area contributed by atoms with Crippen LogP contribution in [0.15, 0.2) is 28.0 Å². The Bertz CT molecular complexity index is 1090. The van der Waals surface area contributed by atoms with Gasteiger partial charge in [0.1, 0.15) is 11.6 Å². The number of rotatable bonds is 4. The van der Waals surface area contributed by atoms with Gasteiger partial charge in [-0.25, -0.2) is 0 Å². The van der Waals surface area contributed by atoms with E-state index >= 15 is 0 Å². The zero-order valence-electron chi connectivity index (χ0n) is 16.4. The second-order valence-corrected chi connectivity index (χ2v) is 7.30. The molecule has 0 saturated heterocycles. The van der Waals surface area contributed by atoms with Gasteiger partial charge in [0.05, 0.1) is 16.2 Å². The van der Waals surface area contributed by atoms with E-state index in [1.54, 1.807) is 13.8 Å². The molecule has 1 aromatic heterocycles. The number of hydrogen-bond donors (Lipinski definition) is 1. The number of benzene rings is 1. The topological polar surface area (TPSA) is 122 Å². The number of aromatic hydroxyl groups is 1. The highest BCUT2D eigenvalue weighted by molar-refractivity contribution is 5.87. The number of nitrogens with zero attached hydrogens (tertiary/aromatic N) is 4. The first-order valence-corrected chi connectivity index (χ1v) is 9.52. The standard InChI is InChI=1S/C21H22N4O4/c1-13-10-16(25(28)29)8-9-19(13)23-12-18-14(2)17(11-22)20(26)24(21(18)27)15-6-4-3-5-7-15/h8-10,12,15,27H,3-7H2,1-2H3. The fourth-order valence-corrected chi connectivity index (χ4v) is 3.81. The van der Waals surface area contributed by atoms with Crippen molar-refractivity contribution in [3.8, 4) is 11.9 Å². The second kappa shape index (κ2) is 8.27. The Kier molecular flexibility index (Phi) is 5.78. The minimum absolute atomic E-state index is 0.00440. The first-order chi connectivity index (χ1) is 13.8. The SMILES string of the molecule is Cc1cc([N+](=O)[O-])ccc1N=Cc1c(C)c(C#N)c(=O)n(C2CCCCC2)c1O. The van der Waals surface area contributed by atoms with Gasteiger partial charge in [0.25, 0.3) is 11.2 Å². The van der Waals surface area contributed by atoms with Crippen molar-refractivity contribution in [2.45, 2.75) is 52.0 Å². The number of aliphatic imine (C=N–C) groups is 1. The van der Waals surface area contributed by atoms with E-state index in [-0.39, 0.29) is 23.2 Å². The predicted octanol–water partition coefficient (Wildman–Crippen LogP) is 4.21. The van der Waals surface area contributed by atoms with Gasteiger partial charge in [-0.15, -0.1) is 0 Å². The molecule has 0 bridgehead atoms. The smallest absolute Gasteiger partial charge is 0.271 e. The van der Waals surface area contributed by atoms with Gasteiger partial charge in [0, 0.05) is 24.4 Å². The molecule has 2 aromatic rings. The van der Waals surface area contributed by atoms with E-state index in [0.717, 1.165) is 32.1 Å². The molecule has 1 aromatic carbocycles. The average Bonchev–Trinajstić information content (AvgIpc) is 2.70. The molecule has 1 N–H and O–H groups in total. The zero-order valence-corrected chi connectivity index (χ0v) is 16.4. The van der Waals surface area contributed by atoms with Crippen LogP contribution in [0.1, 0.15) is 60.4 Å². The fraction of sp³-hybridized carbons (Fsp3) is 0.381. The molecule has 1 heterocycles. The van der Waals surface area contributed by atoms with E-state index in [9.17, 15) is 25.3 Å². The minimum Gasteiger partial charge on any atom is -0.494 e. The fourth-order valence-electron chi connectivity index (χ4n) is 3.81. The van der Waals surface area contributed by atoms with Crippen molar-refractivity contribution in [1.82, 2.24) is 4.57 Å². The van der Waals surface area contributed by atoms with Gasteiger partial charge >= 0.3 is 0 Å². The number of non-ortho nitro benzene ring substituents is 1. The summed E-state index contributed by atoms with van der Waals surface area (Å²) >= 11 is 0. The van der Waals surface area contributed by atoms with Gasteiger partial charge in [-0.1, -0.05) is 19.3 Å². The molecule has 0 amide bonds. The number of hydrogen-bond acceptors (Lipinski definition) is 6. The molecule has 1 aliphatic rings. The summed E-state index contributed by atoms with van der Waals surface area (Å²) in [6.45, 7) is 3.31. The lowest BCUT2D eigenvalue weighted by atomic mass is 9.94. The Hall–Kier alpha value is -3.47. The Balaban J connectivity index is 2.09. The highest BCUT2D eigenvalue weighted by Gasteiger charge is 2.24. The largest absolute Gasteiger partial charge is 0.494 e. The molecule has 150 valence electrons. The van der Waals surface area contributed by atoms with E-state index in [0.29, 0.717) is 22.4 Å². The van der Waals surface area contributed by atoms with Crippen molar-refractivity contribution < 1.29 is 10.0 Å². The monoisotopic (exact) mass is 394 g/mol. The molecule has 0 unspecified atom stereocenters. The van der Waals surface area contributed by atoms with Gasteiger partial charge < -0.3 is 5.11 Å². The summed E-state index contributed by atoms with van der Waals surface area (Å²) in [7, 11) is 0. The van der Waals surface area contributed by atoms with Crippen molar-refractivity contribution in [2.75, 3.05) is 0 Å². The molecule has 1 fully saturated rings. The van der Waals surface area contributed by atoms with Crippen LogP contribution in [-0.2, 0) is 0 Å². The maximum absolute atomic E-state index is 12.8. The molecule has 29 heavy (non-hydrogen) atoms. The molecule has 8 heteroatoms. The Morgan fingerprint density at radius 3 is 2.59 bits per heavy atom. The summed E-state index contributed by atoms with van der Waals surface area (Å²) < 4.78 is 1.33. The summed E-state index contributed by atoms with van der Waals surface area (Å²) in [4.78, 5) is 27.6. The quantitative estimate of drug-likeness (QED) is 0.473. The molecule has 3 rings (SSSR count). The third-order valence-corrected chi connectivity index (χ3v) is 5.46. The maximum Gasteiger partial charge on any atom is 0.271 e. The van der Waals surface area contributed by atoms with Gasteiger partial charge in [-0.3, -0.25) is 24.5 Å². The van der Waals surface area contributed by atoms with E-state index in [2.05, 4.69) is 4.99 Å². The van der Waals surface area contributed by atoms with E-state index in [4.69, 9.17) is 0 Å². The lowest BCUT2D eigenvalue weighted by Gasteiger charge is -2.26. The van der Waals surface area contributed by atoms with Gasteiger partial charge in [0.2, 0.25) is 5.88 Å². The average molecular weight is 394 g/mol. The van der Waals surface area contributed by atoms with Crippen LogP contribution in [0.2, 0.25) is 0 Å². The maximum atomic E-state index is 12.8. The van der Waals surface area contributed by atoms with Crippen molar-refractivity contribution in [1.29, 1.82) is 5.26 Å². The van der Waals surface area contributed by atoms with Crippen LogP contribution in [0, 0.1) is 35.3 Å². The highest BCUT2D eigenvalue weighted by atomic mass is 16.6. The second-order valence-electron chi connectivity index (χ2n) is 7.30. The predicted molar refractivity (Wildman–Crippen MR) is 109 cm³/mol. The summed E-state index contributed by atoms with van der Waals surface area (Å²) in [5.41, 5.74) is 1.28. The van der Waals surface area contributed by atoms with E-state index < -0.39 is 10.5 Å². The lowest BCUT2D eigenvalue weighted by molar-refractivity contribution is -0.384. The normalized spacial score (nSPS) is 14.8. The number of aryl methyl sites for hydroxylation is 1. The molecular weight excluding hydrogens is 372 g/mol. The number of nitro benzene ring substituents is 1. The molecule has 0 radical (unpaired) electrons. The van der Waals surface area contributed by atoms with E-state index in [1.165, 1.54) is 29.0 Å². The molecule has 8 nitrogen and oxygen atoms in total. The van der Waals surface area contributed by atoms with Crippen LogP contribution in [-0.4, -0.2) is 20.8 Å². The number of nitro groups is 1. The first-order valence-electron chi connectivity index (χ1n) is 9.52. The van der Waals surface area contributed by atoms with Crippen LogP contribution < -0.4 is 5.56 Å². The van der Waals surface area contributed by atoms with Crippen LogP contribution >= 0.6 is 0 Å². The summed E-state index contributed by atoms with van der Waals surface area (Å²) in [5.74, 6) is -0.193. The Morgan fingerprint density at radius 1 is 1.31 bits per heavy atom. The number of aromatic nitrogens is 1. The third-order valence-electron chi connectivity index (χ3n) is 5.46. The zero-order chi connectivity index (χ0) is 21.1. The highest BCUT2D eigenvalue weighted by Crippen LogP contribution is 2.32. The van der Waals surface area contributed by atoms with Gasteiger partial charge in [0.15, 0.2) is 0 Å². The first kappa shape index (κ1) is 20.3. The summed E-state index contributed by atoms with van der Waals surface area (Å²) in [6.07, 6.45) is 6.00. The van der Waals surface area contributed by atoms with Crippen LogP contribution in [0.5, 0.6) is 5.88 Å². The van der Waals surface area contributed by atoms with Crippen LogP contribution in [0.4, 0.5) is 11.4 Å². The molecule has 0 spiro atoms. The minimum atomic E-state index is -0.476. The van der Waals surface area contributed by atoms with Crippen molar-refractivity contribution >= 4 is 17.6 Å². The Morgan fingerprint density at radius 2 is 2.00 bits per heavy atom. The summed E-state index contributed by atoms with van der Waals surface area (Å²) in [5, 5.41) is 31.3. The Labute approximate surface area is 167 Å². The molecule has 0 atom stereocenters. The van der Waals surface area contributed by atoms with Crippen molar-refractivity contribution in [3.05, 3.63) is 60.9 Å². The van der Waals surface area contributed by atoms with Gasteiger partial charge in [-0.05, 0) is 43.9 Å². The molecule has 1 aliphatic carbocycles. The van der Waals surface area contributed by atoms with Crippen molar-refractivity contribution in [2.24, 2.45) is 4.99 Å².